The third-order valence-electron chi connectivity index (χ3n) is 6.83. The maximum atomic E-state index is 12.8. The summed E-state index contributed by atoms with van der Waals surface area (Å²) in [4.78, 5) is 31.3. The number of carboxylic acid groups (broad SMARTS) is 1. The lowest BCUT2D eigenvalue weighted by atomic mass is 10.0. The van der Waals surface area contributed by atoms with Gasteiger partial charge in [-0.15, -0.1) is 0 Å². The lowest BCUT2D eigenvalue weighted by Crippen LogP contribution is -2.50. The van der Waals surface area contributed by atoms with E-state index in [0.717, 1.165) is 61.4 Å². The van der Waals surface area contributed by atoms with Gasteiger partial charge in [-0.1, -0.05) is 18.2 Å². The standard InChI is InChI=1S/C26H34N6O5S/c1-31(38(36,37)22-6-3-2-4-7-22)23(25(34)35)18-29-24(33)19-8-10-21(11-9-19)32-16-12-20(13-17-32)30-26-27-14-5-15-28-26/h2-4,6-11,20,23H,5,12-18H2,1H3,(H,29,33)(H,34,35)(H2,27,28,30). The number of hydrogen-bond acceptors (Lipinski definition) is 8. The molecule has 4 N–H and O–H groups in total. The van der Waals surface area contributed by atoms with Crippen molar-refractivity contribution in [2.24, 2.45) is 4.99 Å². The number of carbonyl (C=O) groups is 2. The maximum absolute atomic E-state index is 12.8. The van der Waals surface area contributed by atoms with Crippen LogP contribution in [0, 0.1) is 0 Å². The van der Waals surface area contributed by atoms with Crippen molar-refractivity contribution in [3.05, 3.63) is 60.2 Å². The Morgan fingerprint density at radius 1 is 1.13 bits per heavy atom. The minimum absolute atomic E-state index is 0.0186. The number of likely N-dealkylation sites (N-methyl/N-ethyl adjacent to an activating group) is 1. The van der Waals surface area contributed by atoms with E-state index in [0.29, 0.717) is 11.6 Å². The molecule has 11 nitrogen and oxygen atoms in total. The van der Waals surface area contributed by atoms with Gasteiger partial charge in [0.2, 0.25) is 10.0 Å². The monoisotopic (exact) mass is 542 g/mol. The van der Waals surface area contributed by atoms with Crippen LogP contribution in [0.5, 0.6) is 0 Å². The molecule has 1 unspecified atom stereocenters. The molecule has 2 aromatic rings. The molecule has 2 aromatic carbocycles. The van der Waals surface area contributed by atoms with Crippen molar-refractivity contribution < 1.29 is 23.1 Å². The number of benzene rings is 2. The quantitative estimate of drug-likeness (QED) is 0.369. The molecule has 2 aliphatic rings. The summed E-state index contributed by atoms with van der Waals surface area (Å²) in [7, 11) is -2.85. The number of anilines is 1. The van der Waals surface area contributed by atoms with E-state index < -0.39 is 27.9 Å². The molecule has 1 fully saturated rings. The lowest BCUT2D eigenvalue weighted by Gasteiger charge is -2.35. The van der Waals surface area contributed by atoms with Crippen LogP contribution in [-0.2, 0) is 14.8 Å². The van der Waals surface area contributed by atoms with Crippen LogP contribution >= 0.6 is 0 Å². The van der Waals surface area contributed by atoms with Crippen LogP contribution in [0.25, 0.3) is 0 Å². The number of carboxylic acids is 1. The smallest absolute Gasteiger partial charge is 0.323 e. The van der Waals surface area contributed by atoms with Gasteiger partial charge in [-0.05, 0) is 55.7 Å². The SMILES string of the molecule is CN(C(CNC(=O)c1ccc(N2CCC(NC3=NCCCN3)CC2)cc1)C(=O)O)S(=O)(=O)c1ccccc1. The summed E-state index contributed by atoms with van der Waals surface area (Å²) in [5.41, 5.74) is 1.37. The van der Waals surface area contributed by atoms with Crippen LogP contribution < -0.4 is 20.9 Å². The number of nitrogens with one attached hydrogen (secondary N) is 3. The van der Waals surface area contributed by atoms with Gasteiger partial charge < -0.3 is 26.0 Å². The van der Waals surface area contributed by atoms with Gasteiger partial charge in [-0.25, -0.2) is 8.42 Å². The van der Waals surface area contributed by atoms with E-state index in [1.165, 1.54) is 19.2 Å². The normalized spacial score (nSPS) is 17.3. The zero-order valence-corrected chi connectivity index (χ0v) is 22.2. The highest BCUT2D eigenvalue weighted by molar-refractivity contribution is 7.89. The molecule has 0 spiro atoms. The molecule has 12 heteroatoms. The van der Waals surface area contributed by atoms with Gasteiger partial charge >= 0.3 is 5.97 Å². The maximum Gasteiger partial charge on any atom is 0.323 e. The number of piperidine rings is 1. The molecule has 204 valence electrons. The summed E-state index contributed by atoms with van der Waals surface area (Å²) >= 11 is 0. The van der Waals surface area contributed by atoms with Crippen LogP contribution in [0.2, 0.25) is 0 Å². The molecule has 0 bridgehead atoms. The summed E-state index contributed by atoms with van der Waals surface area (Å²) in [6.07, 6.45) is 3.00. The summed E-state index contributed by atoms with van der Waals surface area (Å²) < 4.78 is 26.4. The fraction of sp³-hybridized carbons (Fsp3) is 0.423. The highest BCUT2D eigenvalue weighted by Crippen LogP contribution is 2.21. The Hall–Kier alpha value is -3.64. The Bertz CT molecular complexity index is 1240. The fourth-order valence-electron chi connectivity index (χ4n) is 4.52. The van der Waals surface area contributed by atoms with E-state index >= 15 is 0 Å². The third kappa shape index (κ3) is 6.62. The molecule has 4 rings (SSSR count). The Morgan fingerprint density at radius 2 is 1.82 bits per heavy atom. The van der Waals surface area contributed by atoms with Crippen LogP contribution in [0.4, 0.5) is 5.69 Å². The Labute approximate surface area is 223 Å². The summed E-state index contributed by atoms with van der Waals surface area (Å²) in [5.74, 6) is -0.942. The number of guanidine groups is 1. The Morgan fingerprint density at radius 3 is 2.42 bits per heavy atom. The van der Waals surface area contributed by atoms with Gasteiger partial charge in [-0.2, -0.15) is 4.31 Å². The number of hydrogen-bond donors (Lipinski definition) is 4. The largest absolute Gasteiger partial charge is 0.480 e. The van der Waals surface area contributed by atoms with Crippen molar-refractivity contribution in [1.29, 1.82) is 0 Å². The van der Waals surface area contributed by atoms with Crippen LogP contribution in [-0.4, -0.2) is 87.5 Å². The van der Waals surface area contributed by atoms with Crippen molar-refractivity contribution in [2.45, 2.75) is 36.2 Å². The number of nitrogens with zero attached hydrogens (tertiary/aromatic N) is 3. The van der Waals surface area contributed by atoms with Gasteiger partial charge in [-0.3, -0.25) is 14.6 Å². The van der Waals surface area contributed by atoms with Gasteiger partial charge in [0.05, 0.1) is 4.90 Å². The molecule has 2 aliphatic heterocycles. The van der Waals surface area contributed by atoms with Gasteiger partial charge in [0.25, 0.3) is 5.91 Å². The highest BCUT2D eigenvalue weighted by atomic mass is 32.2. The second-order valence-corrected chi connectivity index (χ2v) is 11.4. The number of sulfonamides is 1. The first kappa shape index (κ1) is 27.4. The van der Waals surface area contributed by atoms with Gasteiger partial charge in [0, 0.05) is 57.1 Å². The van der Waals surface area contributed by atoms with Crippen molar-refractivity contribution in [3.63, 3.8) is 0 Å². The molecular weight excluding hydrogens is 508 g/mol. The summed E-state index contributed by atoms with van der Waals surface area (Å²) in [6, 6.07) is 13.6. The molecule has 0 radical (unpaired) electrons. The third-order valence-corrected chi connectivity index (χ3v) is 8.71. The molecular formula is C26H34N6O5S. The topological polar surface area (TPSA) is 143 Å². The molecule has 2 heterocycles. The van der Waals surface area contributed by atoms with Crippen molar-refractivity contribution in [2.75, 3.05) is 44.7 Å². The van der Waals surface area contributed by atoms with Crippen LogP contribution in [0.15, 0.2) is 64.5 Å². The zero-order chi connectivity index (χ0) is 27.1. The van der Waals surface area contributed by atoms with E-state index in [2.05, 4.69) is 25.8 Å². The summed E-state index contributed by atoms with van der Waals surface area (Å²) in [5, 5.41) is 19.0. The first-order chi connectivity index (χ1) is 18.3. The number of rotatable bonds is 9. The average molecular weight is 543 g/mol. The van der Waals surface area contributed by atoms with Crippen molar-refractivity contribution in [1.82, 2.24) is 20.3 Å². The lowest BCUT2D eigenvalue weighted by molar-refractivity contribution is -0.140. The first-order valence-corrected chi connectivity index (χ1v) is 14.1. The molecule has 0 saturated carbocycles. The minimum Gasteiger partial charge on any atom is -0.480 e. The Balaban J connectivity index is 1.30. The second-order valence-electron chi connectivity index (χ2n) is 9.36. The molecule has 38 heavy (non-hydrogen) atoms. The van der Waals surface area contributed by atoms with Crippen molar-refractivity contribution >= 4 is 33.5 Å². The van der Waals surface area contributed by atoms with Crippen LogP contribution in [0.1, 0.15) is 29.6 Å². The Kier molecular flexibility index (Phi) is 8.85. The van der Waals surface area contributed by atoms with E-state index in [9.17, 15) is 23.1 Å². The van der Waals surface area contributed by atoms with E-state index in [1.807, 2.05) is 12.1 Å². The molecule has 1 saturated heterocycles. The molecule has 1 amide bonds. The molecule has 0 aliphatic carbocycles. The van der Waals surface area contributed by atoms with Gasteiger partial charge in [0.1, 0.15) is 6.04 Å². The number of amides is 1. The molecule has 0 aromatic heterocycles. The van der Waals surface area contributed by atoms with E-state index in [1.54, 1.807) is 30.3 Å². The first-order valence-electron chi connectivity index (χ1n) is 12.7. The predicted octanol–water partition coefficient (Wildman–Crippen LogP) is 1.10. The predicted molar refractivity (Wildman–Crippen MR) is 145 cm³/mol. The van der Waals surface area contributed by atoms with E-state index in [4.69, 9.17) is 0 Å². The van der Waals surface area contributed by atoms with E-state index in [-0.39, 0.29) is 11.4 Å². The summed E-state index contributed by atoms with van der Waals surface area (Å²) in [6.45, 7) is 3.18. The zero-order valence-electron chi connectivity index (χ0n) is 21.3. The highest BCUT2D eigenvalue weighted by Gasteiger charge is 2.33. The number of carbonyl (C=O) groups excluding carboxylic acids is 1. The van der Waals surface area contributed by atoms with Gasteiger partial charge in [0.15, 0.2) is 5.96 Å². The molecule has 1 atom stereocenters. The number of aliphatic carboxylic acids is 1. The second kappa shape index (κ2) is 12.3. The minimum atomic E-state index is -4.05. The average Bonchev–Trinajstić information content (AvgIpc) is 2.94. The fourth-order valence-corrected chi connectivity index (χ4v) is 5.85. The van der Waals surface area contributed by atoms with Crippen LogP contribution in [0.3, 0.4) is 0 Å². The number of aliphatic imine (C=N–C) groups is 1. The van der Waals surface area contributed by atoms with Crippen molar-refractivity contribution in [3.8, 4) is 0 Å².